The molecule has 0 amide bonds. The van der Waals surface area contributed by atoms with Gasteiger partial charge in [0.15, 0.2) is 6.10 Å². The van der Waals surface area contributed by atoms with Gasteiger partial charge in [0.05, 0.1) is 6.61 Å². The number of allylic oxidation sites excluding steroid dienone is 8. The van der Waals surface area contributed by atoms with Crippen LogP contribution in [0.2, 0.25) is 0 Å². The molecule has 0 bridgehead atoms. The third kappa shape index (κ3) is 62.4. The van der Waals surface area contributed by atoms with Gasteiger partial charge in [-0.25, -0.2) is 0 Å². The number of hydrogen-bond donors (Lipinski definition) is 1. The third-order valence-electron chi connectivity index (χ3n) is 15.1. The molecule has 0 saturated heterocycles. The molecule has 0 heterocycles. The molecule has 1 atom stereocenters. The predicted molar refractivity (Wildman–Crippen MR) is 325 cm³/mol. The Bertz CT molecular complexity index is 1220. The van der Waals surface area contributed by atoms with Crippen LogP contribution in [0.25, 0.3) is 0 Å². The molecule has 0 aliphatic heterocycles. The lowest BCUT2D eigenvalue weighted by Crippen LogP contribution is -2.28. The average Bonchev–Trinajstić information content (AvgIpc) is 3.40. The van der Waals surface area contributed by atoms with Crippen molar-refractivity contribution in [3.63, 3.8) is 0 Å². The van der Waals surface area contributed by atoms with Crippen molar-refractivity contribution in [3.05, 3.63) is 48.6 Å². The Balaban J connectivity index is 3.39. The molecule has 0 rings (SSSR count). The molecule has 0 aromatic heterocycles. The standard InChI is InChI=1S/C69H128O5/c1-3-5-7-9-11-13-15-17-19-21-23-25-27-29-31-32-33-34-35-36-38-39-41-43-45-47-49-51-53-55-57-59-61-63-68(71)73-66-67(65-70)74-69(72)64-62-60-58-56-54-52-50-48-46-44-42-40-37-30-28-26-24-22-20-18-16-14-12-10-8-6-4-2/h6,8,12,14,18,20,24,26,67,70H,3-5,7,9-11,13,15-17,19,21-23,25,27-66H2,1-2H3/b8-6-,14-12-,20-18-,26-24-. The summed E-state index contributed by atoms with van der Waals surface area (Å²) in [4.78, 5) is 24.6. The average molecular weight is 1040 g/mol. The van der Waals surface area contributed by atoms with E-state index in [4.69, 9.17) is 9.47 Å². The Hall–Kier alpha value is -2.14. The fourth-order valence-electron chi connectivity index (χ4n) is 10.2. The maximum Gasteiger partial charge on any atom is 0.306 e. The highest BCUT2D eigenvalue weighted by atomic mass is 16.6. The van der Waals surface area contributed by atoms with Crippen molar-refractivity contribution in [3.8, 4) is 0 Å². The van der Waals surface area contributed by atoms with Crippen LogP contribution in [-0.2, 0) is 19.1 Å². The van der Waals surface area contributed by atoms with Crippen LogP contribution in [0.3, 0.4) is 0 Å². The van der Waals surface area contributed by atoms with Gasteiger partial charge < -0.3 is 14.6 Å². The summed E-state index contributed by atoms with van der Waals surface area (Å²) < 4.78 is 10.8. The first-order valence-corrected chi connectivity index (χ1v) is 33.2. The first kappa shape index (κ1) is 71.9. The van der Waals surface area contributed by atoms with E-state index in [0.29, 0.717) is 12.8 Å². The van der Waals surface area contributed by atoms with E-state index in [1.807, 2.05) is 0 Å². The summed E-state index contributed by atoms with van der Waals surface area (Å²) in [6, 6.07) is 0. The Morgan fingerprint density at radius 3 is 0.878 bits per heavy atom. The van der Waals surface area contributed by atoms with Gasteiger partial charge in [0.1, 0.15) is 6.61 Å². The van der Waals surface area contributed by atoms with E-state index >= 15 is 0 Å². The number of hydrogen-bond acceptors (Lipinski definition) is 5. The summed E-state index contributed by atoms with van der Waals surface area (Å²) >= 11 is 0. The van der Waals surface area contributed by atoms with Gasteiger partial charge in [-0.2, -0.15) is 0 Å². The molecule has 1 N–H and O–H groups in total. The van der Waals surface area contributed by atoms with Gasteiger partial charge in [-0.05, 0) is 51.4 Å². The number of ether oxygens (including phenoxy) is 2. The number of aliphatic hydroxyl groups is 1. The van der Waals surface area contributed by atoms with Gasteiger partial charge in [0.2, 0.25) is 0 Å². The molecule has 0 fully saturated rings. The van der Waals surface area contributed by atoms with Crippen molar-refractivity contribution in [2.24, 2.45) is 0 Å². The van der Waals surface area contributed by atoms with Gasteiger partial charge in [-0.3, -0.25) is 9.59 Å². The summed E-state index contributed by atoms with van der Waals surface area (Å²) in [5.74, 6) is -0.572. The summed E-state index contributed by atoms with van der Waals surface area (Å²) in [5.41, 5.74) is 0. The summed E-state index contributed by atoms with van der Waals surface area (Å²) in [6.07, 6.45) is 87.1. The van der Waals surface area contributed by atoms with Crippen molar-refractivity contribution < 1.29 is 24.2 Å². The molecule has 74 heavy (non-hydrogen) atoms. The second-order valence-electron chi connectivity index (χ2n) is 22.5. The Kier molecular flexibility index (Phi) is 63.3. The number of aliphatic hydroxyl groups excluding tert-OH is 1. The smallest absolute Gasteiger partial charge is 0.306 e. The van der Waals surface area contributed by atoms with Gasteiger partial charge >= 0.3 is 11.9 Å². The Morgan fingerprint density at radius 2 is 0.581 bits per heavy atom. The second kappa shape index (κ2) is 65.1. The fraction of sp³-hybridized carbons (Fsp3) is 0.855. The van der Waals surface area contributed by atoms with Gasteiger partial charge in [-0.1, -0.05) is 345 Å². The Morgan fingerprint density at radius 1 is 0.324 bits per heavy atom. The molecule has 5 heteroatoms. The molecule has 0 radical (unpaired) electrons. The lowest BCUT2D eigenvalue weighted by molar-refractivity contribution is -0.161. The molecule has 0 spiro atoms. The van der Waals surface area contributed by atoms with E-state index in [-0.39, 0.29) is 25.2 Å². The van der Waals surface area contributed by atoms with Crippen LogP contribution in [0, 0.1) is 0 Å². The van der Waals surface area contributed by atoms with Crippen LogP contribution in [0.1, 0.15) is 361 Å². The van der Waals surface area contributed by atoms with Crippen LogP contribution in [0.5, 0.6) is 0 Å². The van der Waals surface area contributed by atoms with Gasteiger partial charge in [0, 0.05) is 12.8 Å². The SMILES string of the molecule is CC/C=C\C/C=C\C/C=C\C/C=C\CCCCCCCCCCCCCCCCC(=O)OC(CO)COC(=O)CCCCCCCCCCCCCCCCCCCCCCCCCCCCCCCCCCC. The molecule has 0 aromatic rings. The van der Waals surface area contributed by atoms with Gasteiger partial charge in [-0.15, -0.1) is 0 Å². The minimum absolute atomic E-state index is 0.0615. The quantitative estimate of drug-likeness (QED) is 0.0373. The molecular formula is C69H128O5. The number of carbonyl (C=O) groups is 2. The second-order valence-corrected chi connectivity index (χ2v) is 22.5. The number of unbranched alkanes of at least 4 members (excludes halogenated alkanes) is 46. The van der Waals surface area contributed by atoms with Crippen molar-refractivity contribution in [1.29, 1.82) is 0 Å². The molecular weight excluding hydrogens is 909 g/mol. The monoisotopic (exact) mass is 1040 g/mol. The lowest BCUT2D eigenvalue weighted by atomic mass is 10.0. The maximum atomic E-state index is 12.3. The predicted octanol–water partition coefficient (Wildman–Crippen LogP) is 22.8. The van der Waals surface area contributed by atoms with E-state index < -0.39 is 6.10 Å². The maximum absolute atomic E-state index is 12.3. The van der Waals surface area contributed by atoms with Gasteiger partial charge in [0.25, 0.3) is 0 Å². The highest BCUT2D eigenvalue weighted by Gasteiger charge is 2.16. The third-order valence-corrected chi connectivity index (χ3v) is 15.1. The van der Waals surface area contributed by atoms with Crippen molar-refractivity contribution in [1.82, 2.24) is 0 Å². The number of rotatable bonds is 62. The first-order valence-electron chi connectivity index (χ1n) is 33.2. The lowest BCUT2D eigenvalue weighted by Gasteiger charge is -2.15. The number of esters is 2. The molecule has 0 aliphatic carbocycles. The van der Waals surface area contributed by atoms with E-state index in [2.05, 4.69) is 62.5 Å². The van der Waals surface area contributed by atoms with Crippen LogP contribution < -0.4 is 0 Å². The van der Waals surface area contributed by atoms with Crippen LogP contribution in [0.4, 0.5) is 0 Å². The van der Waals surface area contributed by atoms with Crippen LogP contribution in [0.15, 0.2) is 48.6 Å². The normalized spacial score (nSPS) is 12.4. The van der Waals surface area contributed by atoms with E-state index in [1.54, 1.807) is 0 Å². The zero-order valence-corrected chi connectivity index (χ0v) is 49.9. The van der Waals surface area contributed by atoms with Crippen molar-refractivity contribution >= 4 is 11.9 Å². The van der Waals surface area contributed by atoms with E-state index in [9.17, 15) is 14.7 Å². The largest absolute Gasteiger partial charge is 0.462 e. The van der Waals surface area contributed by atoms with E-state index in [1.165, 1.54) is 276 Å². The minimum atomic E-state index is -0.772. The van der Waals surface area contributed by atoms with E-state index in [0.717, 1.165) is 57.8 Å². The molecule has 434 valence electrons. The Labute approximate surface area is 462 Å². The molecule has 0 aliphatic rings. The van der Waals surface area contributed by atoms with Crippen molar-refractivity contribution in [2.45, 2.75) is 367 Å². The topological polar surface area (TPSA) is 72.8 Å². The molecule has 5 nitrogen and oxygen atoms in total. The van der Waals surface area contributed by atoms with Crippen molar-refractivity contribution in [2.75, 3.05) is 13.2 Å². The first-order chi connectivity index (χ1) is 36.6. The summed E-state index contributed by atoms with van der Waals surface area (Å²) in [6.45, 7) is 4.08. The zero-order valence-electron chi connectivity index (χ0n) is 49.9. The van der Waals surface area contributed by atoms with Crippen LogP contribution >= 0.6 is 0 Å². The minimum Gasteiger partial charge on any atom is -0.462 e. The fourth-order valence-corrected chi connectivity index (χ4v) is 10.2. The number of carbonyl (C=O) groups excluding carboxylic acids is 2. The highest BCUT2D eigenvalue weighted by Crippen LogP contribution is 2.19. The van der Waals surface area contributed by atoms with Crippen LogP contribution in [-0.4, -0.2) is 36.4 Å². The molecule has 1 unspecified atom stereocenters. The summed E-state index contributed by atoms with van der Waals surface area (Å²) in [5, 5.41) is 9.69. The highest BCUT2D eigenvalue weighted by molar-refractivity contribution is 5.70. The summed E-state index contributed by atoms with van der Waals surface area (Å²) in [7, 11) is 0. The molecule has 0 aromatic carbocycles. The zero-order chi connectivity index (χ0) is 53.4. The molecule has 0 saturated carbocycles.